The molecule has 0 bridgehead atoms. The maximum absolute atomic E-state index is 5.92. The summed E-state index contributed by atoms with van der Waals surface area (Å²) in [6.45, 7) is 2.17. The molecule has 0 fully saturated rings. The second kappa shape index (κ2) is 4.79. The van der Waals surface area contributed by atoms with E-state index >= 15 is 0 Å². The number of nitrogens with zero attached hydrogens (tertiary/aromatic N) is 3. The number of hydrogen-bond acceptors (Lipinski definition) is 3. The number of rotatable bonds is 4. The van der Waals surface area contributed by atoms with E-state index in [-0.39, 0.29) is 0 Å². The van der Waals surface area contributed by atoms with Gasteiger partial charge in [-0.25, -0.2) is 4.68 Å². The predicted molar refractivity (Wildman–Crippen MR) is 64.4 cm³/mol. The molecule has 0 saturated heterocycles. The molecule has 0 unspecified atom stereocenters. The minimum atomic E-state index is 0.666. The predicted octanol–water partition coefficient (Wildman–Crippen LogP) is 2.19. The molecule has 16 heavy (non-hydrogen) atoms. The van der Waals surface area contributed by atoms with Crippen LogP contribution in [0.25, 0.3) is 5.69 Å². The van der Waals surface area contributed by atoms with Crippen LogP contribution in [0.4, 0.5) is 5.82 Å². The van der Waals surface area contributed by atoms with E-state index in [2.05, 4.69) is 17.0 Å². The summed E-state index contributed by atoms with van der Waals surface area (Å²) in [4.78, 5) is 4.06. The van der Waals surface area contributed by atoms with Gasteiger partial charge in [0.1, 0.15) is 5.82 Å². The highest BCUT2D eigenvalue weighted by Gasteiger charge is 2.06. The van der Waals surface area contributed by atoms with E-state index in [4.69, 9.17) is 5.73 Å². The van der Waals surface area contributed by atoms with Crippen LogP contribution in [0.15, 0.2) is 30.6 Å². The number of unbranched alkanes of at least 4 members (excludes halogenated alkanes) is 1. The fourth-order valence-electron chi connectivity index (χ4n) is 1.61. The molecule has 2 rings (SSSR count). The molecule has 0 atom stereocenters. The van der Waals surface area contributed by atoms with Gasteiger partial charge in [-0.2, -0.15) is 5.10 Å². The van der Waals surface area contributed by atoms with Gasteiger partial charge in [-0.1, -0.05) is 13.3 Å². The highest BCUT2D eigenvalue weighted by molar-refractivity contribution is 5.41. The Morgan fingerprint density at radius 3 is 3.00 bits per heavy atom. The average molecular weight is 216 g/mol. The third-order valence-corrected chi connectivity index (χ3v) is 2.46. The highest BCUT2D eigenvalue weighted by Crippen LogP contribution is 2.14. The summed E-state index contributed by atoms with van der Waals surface area (Å²) >= 11 is 0. The van der Waals surface area contributed by atoms with Crippen LogP contribution in [0.5, 0.6) is 0 Å². The fraction of sp³-hybridized carbons (Fsp3) is 0.333. The van der Waals surface area contributed by atoms with Gasteiger partial charge in [0.2, 0.25) is 0 Å². The summed E-state index contributed by atoms with van der Waals surface area (Å²) in [5.41, 5.74) is 7.87. The molecular formula is C12H16N4. The summed E-state index contributed by atoms with van der Waals surface area (Å²) in [6, 6.07) is 5.75. The van der Waals surface area contributed by atoms with E-state index < -0.39 is 0 Å². The van der Waals surface area contributed by atoms with Crippen molar-refractivity contribution in [1.82, 2.24) is 14.8 Å². The van der Waals surface area contributed by atoms with Crippen LogP contribution >= 0.6 is 0 Å². The SMILES string of the molecule is CCCCc1cc(N)n(-c2cccnc2)n1. The van der Waals surface area contributed by atoms with Crippen LogP contribution in [0.2, 0.25) is 0 Å². The maximum Gasteiger partial charge on any atom is 0.127 e. The quantitative estimate of drug-likeness (QED) is 0.852. The average Bonchev–Trinajstić information content (AvgIpc) is 2.69. The second-order valence-electron chi connectivity index (χ2n) is 3.79. The van der Waals surface area contributed by atoms with E-state index in [1.54, 1.807) is 17.1 Å². The van der Waals surface area contributed by atoms with Crippen molar-refractivity contribution >= 4 is 5.82 Å². The Balaban J connectivity index is 2.25. The van der Waals surface area contributed by atoms with Gasteiger partial charge in [0.15, 0.2) is 0 Å². The number of anilines is 1. The standard InChI is InChI=1S/C12H16N4/c1-2-3-5-10-8-12(13)16(15-10)11-6-4-7-14-9-11/h4,6-9H,2-3,5,13H2,1H3. The maximum atomic E-state index is 5.92. The lowest BCUT2D eigenvalue weighted by molar-refractivity contribution is 0.753. The Bertz CT molecular complexity index is 447. The van der Waals surface area contributed by atoms with Crippen molar-refractivity contribution in [3.8, 4) is 5.69 Å². The third kappa shape index (κ3) is 2.21. The summed E-state index contributed by atoms with van der Waals surface area (Å²) in [6.07, 6.45) is 6.78. The Morgan fingerprint density at radius 2 is 2.31 bits per heavy atom. The number of aromatic nitrogens is 3. The Morgan fingerprint density at radius 1 is 1.44 bits per heavy atom. The van der Waals surface area contributed by atoms with Crippen molar-refractivity contribution in [3.63, 3.8) is 0 Å². The van der Waals surface area contributed by atoms with Crippen LogP contribution in [-0.2, 0) is 6.42 Å². The summed E-state index contributed by atoms with van der Waals surface area (Å²) in [5.74, 6) is 0.666. The van der Waals surface area contributed by atoms with E-state index in [9.17, 15) is 0 Å². The van der Waals surface area contributed by atoms with Crippen LogP contribution in [0.3, 0.4) is 0 Å². The lowest BCUT2D eigenvalue weighted by Crippen LogP contribution is -2.02. The molecule has 4 heteroatoms. The van der Waals surface area contributed by atoms with Crippen molar-refractivity contribution < 1.29 is 0 Å². The third-order valence-electron chi connectivity index (χ3n) is 2.46. The van der Waals surface area contributed by atoms with E-state index in [0.29, 0.717) is 5.82 Å². The van der Waals surface area contributed by atoms with E-state index in [1.807, 2.05) is 18.2 Å². The molecule has 2 aromatic heterocycles. The zero-order valence-corrected chi connectivity index (χ0v) is 9.43. The summed E-state index contributed by atoms with van der Waals surface area (Å²) in [5, 5.41) is 4.47. The molecule has 2 N–H and O–H groups in total. The fourth-order valence-corrected chi connectivity index (χ4v) is 1.61. The van der Waals surface area contributed by atoms with Gasteiger partial charge in [0.05, 0.1) is 17.6 Å². The molecule has 0 spiro atoms. The molecule has 2 aromatic rings. The molecule has 0 saturated carbocycles. The highest BCUT2D eigenvalue weighted by atomic mass is 15.3. The van der Waals surface area contributed by atoms with Crippen molar-refractivity contribution in [2.24, 2.45) is 0 Å². The first-order valence-corrected chi connectivity index (χ1v) is 5.56. The van der Waals surface area contributed by atoms with Crippen LogP contribution < -0.4 is 5.73 Å². The van der Waals surface area contributed by atoms with Crippen molar-refractivity contribution in [2.75, 3.05) is 5.73 Å². The van der Waals surface area contributed by atoms with Crippen molar-refractivity contribution in [3.05, 3.63) is 36.3 Å². The van der Waals surface area contributed by atoms with Crippen molar-refractivity contribution in [2.45, 2.75) is 26.2 Å². The first kappa shape index (κ1) is 10.7. The zero-order valence-electron chi connectivity index (χ0n) is 9.43. The minimum absolute atomic E-state index is 0.666. The van der Waals surface area contributed by atoms with Gasteiger partial charge in [0, 0.05) is 12.3 Å². The first-order valence-electron chi connectivity index (χ1n) is 5.56. The van der Waals surface area contributed by atoms with Crippen LogP contribution in [0, 0.1) is 0 Å². The lowest BCUT2D eigenvalue weighted by Gasteiger charge is -2.01. The molecular weight excluding hydrogens is 200 g/mol. The number of hydrogen-bond donors (Lipinski definition) is 1. The van der Waals surface area contributed by atoms with Gasteiger partial charge in [-0.3, -0.25) is 4.98 Å². The largest absolute Gasteiger partial charge is 0.384 e. The second-order valence-corrected chi connectivity index (χ2v) is 3.79. The number of nitrogens with two attached hydrogens (primary N) is 1. The van der Waals surface area contributed by atoms with Crippen molar-refractivity contribution in [1.29, 1.82) is 0 Å². The van der Waals surface area contributed by atoms with Crippen LogP contribution in [-0.4, -0.2) is 14.8 Å². The summed E-state index contributed by atoms with van der Waals surface area (Å²) in [7, 11) is 0. The minimum Gasteiger partial charge on any atom is -0.384 e. The zero-order chi connectivity index (χ0) is 11.4. The topological polar surface area (TPSA) is 56.7 Å². The van der Waals surface area contributed by atoms with Gasteiger partial charge < -0.3 is 5.73 Å². The van der Waals surface area contributed by atoms with E-state index in [1.165, 1.54) is 6.42 Å². The van der Waals surface area contributed by atoms with E-state index in [0.717, 1.165) is 24.2 Å². The normalized spacial score (nSPS) is 10.6. The number of pyridine rings is 1. The Kier molecular flexibility index (Phi) is 3.19. The summed E-state index contributed by atoms with van der Waals surface area (Å²) < 4.78 is 1.73. The Hall–Kier alpha value is -1.84. The molecule has 4 nitrogen and oxygen atoms in total. The number of aryl methyl sites for hydroxylation is 1. The van der Waals surface area contributed by atoms with Gasteiger partial charge in [0.25, 0.3) is 0 Å². The molecule has 0 aliphatic heterocycles. The molecule has 0 radical (unpaired) electrons. The molecule has 0 aromatic carbocycles. The first-order chi connectivity index (χ1) is 7.81. The number of nitrogen functional groups attached to an aromatic ring is 1. The van der Waals surface area contributed by atoms with Crippen LogP contribution in [0.1, 0.15) is 25.5 Å². The molecule has 0 aliphatic carbocycles. The lowest BCUT2D eigenvalue weighted by atomic mass is 10.2. The monoisotopic (exact) mass is 216 g/mol. The molecule has 0 aliphatic rings. The molecule has 0 amide bonds. The molecule has 2 heterocycles. The smallest absolute Gasteiger partial charge is 0.127 e. The molecule has 84 valence electrons. The Labute approximate surface area is 95.1 Å². The van der Waals surface area contributed by atoms with Gasteiger partial charge >= 0.3 is 0 Å². The van der Waals surface area contributed by atoms with Gasteiger partial charge in [-0.15, -0.1) is 0 Å². The van der Waals surface area contributed by atoms with Gasteiger partial charge in [-0.05, 0) is 25.0 Å².